The highest BCUT2D eigenvalue weighted by molar-refractivity contribution is 5.83. The predicted octanol–water partition coefficient (Wildman–Crippen LogP) is 4.20. The van der Waals surface area contributed by atoms with E-state index in [-0.39, 0.29) is 17.8 Å². The van der Waals surface area contributed by atoms with Gasteiger partial charge in [-0.3, -0.25) is 9.59 Å². The van der Waals surface area contributed by atoms with Gasteiger partial charge in [0.25, 0.3) is 0 Å². The zero-order valence-electron chi connectivity index (χ0n) is 18.1. The van der Waals surface area contributed by atoms with Crippen LogP contribution in [0.3, 0.4) is 0 Å². The van der Waals surface area contributed by atoms with E-state index in [1.54, 1.807) is 0 Å². The average molecular weight is 451 g/mol. The molecule has 2 saturated carbocycles. The van der Waals surface area contributed by atoms with Crippen LogP contribution in [0.1, 0.15) is 44.6 Å². The molecule has 1 aromatic rings. The molecule has 1 spiro atoms. The number of likely N-dealkylation sites (tertiary alicyclic amines) is 1. The summed E-state index contributed by atoms with van der Waals surface area (Å²) in [4.78, 5) is 26.2. The first kappa shape index (κ1) is 22.8. The maximum Gasteiger partial charge on any atom is 0.471 e. The third kappa shape index (κ3) is 4.70. The van der Waals surface area contributed by atoms with Crippen molar-refractivity contribution in [1.29, 1.82) is 0 Å². The smallest absolute Gasteiger partial charge is 0.471 e. The molecule has 2 atom stereocenters. The Morgan fingerprint density at radius 1 is 1.22 bits per heavy atom. The number of carbonyl (C=O) groups excluding carboxylic acids is 1. The Morgan fingerprint density at radius 3 is 2.44 bits per heavy atom. The summed E-state index contributed by atoms with van der Waals surface area (Å²) >= 11 is 0. The van der Waals surface area contributed by atoms with Crippen molar-refractivity contribution in [2.75, 3.05) is 19.6 Å². The Bertz CT molecular complexity index is 886. The van der Waals surface area contributed by atoms with Crippen LogP contribution in [-0.4, -0.2) is 64.7 Å². The molecule has 0 bridgehead atoms. The molecule has 5 nitrogen and oxygen atoms in total. The highest BCUT2D eigenvalue weighted by Crippen LogP contribution is 2.54. The Morgan fingerprint density at radius 2 is 1.88 bits per heavy atom. The second kappa shape index (κ2) is 8.54. The summed E-state index contributed by atoms with van der Waals surface area (Å²) in [6.45, 7) is 3.86. The fourth-order valence-electron chi connectivity index (χ4n) is 5.56. The monoisotopic (exact) mass is 450 g/mol. The van der Waals surface area contributed by atoms with Gasteiger partial charge >= 0.3 is 18.1 Å². The van der Waals surface area contributed by atoms with E-state index >= 15 is 0 Å². The largest absolute Gasteiger partial charge is 0.481 e. The van der Waals surface area contributed by atoms with Gasteiger partial charge in [0.2, 0.25) is 0 Å². The average Bonchev–Trinajstić information content (AvgIpc) is 3.45. The van der Waals surface area contributed by atoms with E-state index in [0.29, 0.717) is 38.9 Å². The van der Waals surface area contributed by atoms with E-state index in [4.69, 9.17) is 5.11 Å². The number of nitrogens with zero attached hydrogens (tertiary/aromatic N) is 2. The minimum Gasteiger partial charge on any atom is -0.481 e. The zero-order valence-corrected chi connectivity index (χ0v) is 18.1. The minimum atomic E-state index is -4.88. The zero-order chi connectivity index (χ0) is 23.1. The maximum absolute atomic E-state index is 13.4. The number of rotatable bonds is 8. The summed E-state index contributed by atoms with van der Waals surface area (Å²) in [6.07, 6.45) is -0.347. The Balaban J connectivity index is 1.42. The SMILES string of the molecule is CC/C(=C\c1ccccc1)[C@@H]1C[C@H]1N(C(=O)C(F)(F)F)C1CC2(C1)CN(CCC(=O)O)C2. The van der Waals surface area contributed by atoms with E-state index in [9.17, 15) is 22.8 Å². The molecule has 1 aliphatic heterocycles. The lowest BCUT2D eigenvalue weighted by Crippen LogP contribution is -2.68. The van der Waals surface area contributed by atoms with E-state index < -0.39 is 30.1 Å². The van der Waals surface area contributed by atoms with Gasteiger partial charge in [-0.1, -0.05) is 48.9 Å². The molecule has 1 saturated heterocycles. The molecule has 0 radical (unpaired) electrons. The molecule has 1 N–H and O–H groups in total. The minimum absolute atomic E-state index is 0.0310. The highest BCUT2D eigenvalue weighted by atomic mass is 19.4. The Labute approximate surface area is 185 Å². The first-order valence-electron chi connectivity index (χ1n) is 11.2. The number of hydrogen-bond acceptors (Lipinski definition) is 3. The normalized spacial score (nSPS) is 25.2. The molecule has 0 unspecified atom stereocenters. The van der Waals surface area contributed by atoms with Gasteiger partial charge < -0.3 is 14.9 Å². The summed E-state index contributed by atoms with van der Waals surface area (Å²) in [5.41, 5.74) is 2.03. The molecule has 4 rings (SSSR count). The molecule has 3 aliphatic rings. The van der Waals surface area contributed by atoms with E-state index in [2.05, 4.69) is 0 Å². The third-order valence-corrected chi connectivity index (χ3v) is 7.12. The van der Waals surface area contributed by atoms with Gasteiger partial charge in [0.15, 0.2) is 0 Å². The molecule has 3 fully saturated rings. The second-order valence-electron chi connectivity index (χ2n) is 9.52. The van der Waals surface area contributed by atoms with Crippen LogP contribution in [0.4, 0.5) is 13.2 Å². The van der Waals surface area contributed by atoms with Gasteiger partial charge in [-0.2, -0.15) is 13.2 Å². The van der Waals surface area contributed by atoms with Gasteiger partial charge in [-0.05, 0) is 36.7 Å². The van der Waals surface area contributed by atoms with Crippen molar-refractivity contribution in [3.8, 4) is 0 Å². The van der Waals surface area contributed by atoms with Crippen molar-refractivity contribution < 1.29 is 27.9 Å². The lowest BCUT2D eigenvalue weighted by atomic mass is 9.60. The van der Waals surface area contributed by atoms with Gasteiger partial charge in [0.1, 0.15) is 0 Å². The number of carboxylic acid groups (broad SMARTS) is 1. The predicted molar refractivity (Wildman–Crippen MR) is 114 cm³/mol. The lowest BCUT2D eigenvalue weighted by Gasteiger charge is -2.61. The fraction of sp³-hybridized carbons (Fsp3) is 0.583. The summed E-state index contributed by atoms with van der Waals surface area (Å²) in [5, 5.41) is 8.80. The molecule has 32 heavy (non-hydrogen) atoms. The van der Waals surface area contributed by atoms with Gasteiger partial charge in [-0.25, -0.2) is 0 Å². The summed E-state index contributed by atoms with van der Waals surface area (Å²) in [5.74, 6) is -2.60. The molecule has 1 aromatic carbocycles. The summed E-state index contributed by atoms with van der Waals surface area (Å²) < 4.78 is 40.3. The summed E-state index contributed by atoms with van der Waals surface area (Å²) in [6, 6.07) is 8.91. The maximum atomic E-state index is 13.4. The quantitative estimate of drug-likeness (QED) is 0.645. The van der Waals surface area contributed by atoms with Crippen LogP contribution in [0.25, 0.3) is 6.08 Å². The van der Waals surface area contributed by atoms with Gasteiger partial charge in [-0.15, -0.1) is 0 Å². The van der Waals surface area contributed by atoms with E-state index in [1.807, 2.05) is 48.2 Å². The number of benzene rings is 1. The van der Waals surface area contributed by atoms with Crippen LogP contribution in [-0.2, 0) is 9.59 Å². The summed E-state index contributed by atoms with van der Waals surface area (Å²) in [7, 11) is 0. The molecule has 174 valence electrons. The standard InChI is InChI=1S/C24H29F3N2O3/c1-2-17(10-16-6-4-3-5-7-16)19-11-20(19)29(22(32)24(25,26)27)18-12-23(13-18)14-28(15-23)9-8-21(30)31/h3-7,10,18-20H,2,8-9,11-15H2,1H3,(H,30,31)/b17-10+/t19-,20+/m0/s1. The van der Waals surface area contributed by atoms with Crippen molar-refractivity contribution in [2.45, 2.75) is 57.3 Å². The van der Waals surface area contributed by atoms with Crippen molar-refractivity contribution in [3.63, 3.8) is 0 Å². The molecule has 0 aromatic heterocycles. The van der Waals surface area contributed by atoms with Crippen molar-refractivity contribution in [1.82, 2.24) is 9.80 Å². The number of halogens is 3. The lowest BCUT2D eigenvalue weighted by molar-refractivity contribution is -0.197. The third-order valence-electron chi connectivity index (χ3n) is 7.12. The van der Waals surface area contributed by atoms with Crippen LogP contribution >= 0.6 is 0 Å². The molecular weight excluding hydrogens is 421 g/mol. The molecular formula is C24H29F3N2O3. The molecule has 1 heterocycles. The van der Waals surface area contributed by atoms with Crippen LogP contribution < -0.4 is 0 Å². The van der Waals surface area contributed by atoms with Crippen molar-refractivity contribution in [3.05, 3.63) is 41.5 Å². The molecule has 1 amide bonds. The van der Waals surface area contributed by atoms with E-state index in [1.165, 1.54) is 0 Å². The number of carboxylic acids is 1. The Kier molecular flexibility index (Phi) is 6.09. The van der Waals surface area contributed by atoms with Crippen LogP contribution in [0, 0.1) is 11.3 Å². The Hall–Kier alpha value is -2.35. The molecule has 8 heteroatoms. The number of hydrogen-bond donors (Lipinski definition) is 1. The first-order valence-corrected chi connectivity index (χ1v) is 11.2. The van der Waals surface area contributed by atoms with Crippen molar-refractivity contribution >= 4 is 18.0 Å². The van der Waals surface area contributed by atoms with Crippen LogP contribution in [0.15, 0.2) is 35.9 Å². The van der Waals surface area contributed by atoms with Crippen LogP contribution in [0.5, 0.6) is 0 Å². The van der Waals surface area contributed by atoms with Gasteiger partial charge in [0, 0.05) is 37.6 Å². The van der Waals surface area contributed by atoms with E-state index in [0.717, 1.165) is 22.5 Å². The van der Waals surface area contributed by atoms with Crippen molar-refractivity contribution in [2.24, 2.45) is 11.3 Å². The molecule has 2 aliphatic carbocycles. The highest BCUT2D eigenvalue weighted by Gasteiger charge is 2.60. The number of aliphatic carboxylic acids is 1. The van der Waals surface area contributed by atoms with Crippen LogP contribution in [0.2, 0.25) is 0 Å². The number of amides is 1. The number of carbonyl (C=O) groups is 2. The first-order chi connectivity index (χ1) is 15.1. The fourth-order valence-corrected chi connectivity index (χ4v) is 5.56. The number of alkyl halides is 3. The topological polar surface area (TPSA) is 60.9 Å². The van der Waals surface area contributed by atoms with Gasteiger partial charge in [0.05, 0.1) is 6.42 Å². The second-order valence-corrected chi connectivity index (χ2v) is 9.52.